The van der Waals surface area contributed by atoms with E-state index in [1.54, 1.807) is 24.3 Å². The van der Waals surface area contributed by atoms with Crippen LogP contribution in [0.2, 0.25) is 0 Å². The Morgan fingerprint density at radius 2 is 0.698 bits per heavy atom. The van der Waals surface area contributed by atoms with Gasteiger partial charge in [0.15, 0.2) is 0 Å². The maximum atomic E-state index is 14.0. The number of benzene rings is 6. The lowest BCUT2D eigenvalue weighted by Crippen LogP contribution is -2.11. The van der Waals surface area contributed by atoms with E-state index in [0.717, 1.165) is 85.7 Å². The minimum absolute atomic E-state index is 0.254. The van der Waals surface area contributed by atoms with Gasteiger partial charge in [0.2, 0.25) is 9.84 Å². The summed E-state index contributed by atoms with van der Waals surface area (Å²) in [6.07, 6.45) is 6.64. The van der Waals surface area contributed by atoms with E-state index >= 15 is 0 Å². The van der Waals surface area contributed by atoms with Crippen molar-refractivity contribution in [3.63, 3.8) is 0 Å². The number of anilines is 6. The number of unbranched alkanes of at least 4 members (excludes halogenated alkanes) is 2. The predicted molar refractivity (Wildman–Crippen MR) is 221 cm³/mol. The molecule has 6 aromatic carbocycles. The summed E-state index contributed by atoms with van der Waals surface area (Å²) in [6, 6.07) is 52.1. The third kappa shape index (κ3) is 9.62. The lowest BCUT2D eigenvalue weighted by Gasteiger charge is -2.26. The van der Waals surface area contributed by atoms with Crippen molar-refractivity contribution in [3.05, 3.63) is 169 Å². The maximum Gasteiger partial charge on any atom is 0.206 e. The first-order valence-corrected chi connectivity index (χ1v) is 20.1. The molecular formula is C46H50N4O2S. The SMILES string of the molecule is CNCCCCc1ccc(N(c2ccccc2)c2ccc(S(=O)(=O)c3ccc(N(c4ccccc4)c4ccc(CCCCNC)cc4)cc3)cc2)cc1. The molecule has 0 atom stereocenters. The fraction of sp³-hybridized carbons (Fsp3) is 0.217. The molecule has 6 nitrogen and oxygen atoms in total. The molecule has 0 bridgehead atoms. The zero-order valence-corrected chi connectivity index (χ0v) is 31.6. The summed E-state index contributed by atoms with van der Waals surface area (Å²) < 4.78 is 27.9. The molecule has 0 saturated heterocycles. The Morgan fingerprint density at radius 1 is 0.396 bits per heavy atom. The molecule has 2 N–H and O–H groups in total. The average Bonchev–Trinajstić information content (AvgIpc) is 3.21. The van der Waals surface area contributed by atoms with Crippen molar-refractivity contribution in [1.82, 2.24) is 10.6 Å². The second kappa shape index (κ2) is 18.5. The lowest BCUT2D eigenvalue weighted by molar-refractivity contribution is 0.596. The Labute approximate surface area is 316 Å². The zero-order chi connectivity index (χ0) is 36.9. The van der Waals surface area contributed by atoms with Crippen molar-refractivity contribution in [2.75, 3.05) is 37.0 Å². The summed E-state index contributed by atoms with van der Waals surface area (Å²) in [5.41, 5.74) is 8.42. The highest BCUT2D eigenvalue weighted by atomic mass is 32.2. The van der Waals surface area contributed by atoms with Crippen LogP contribution >= 0.6 is 0 Å². The first-order chi connectivity index (χ1) is 26.0. The third-order valence-corrected chi connectivity index (χ3v) is 11.3. The molecule has 53 heavy (non-hydrogen) atoms. The number of nitrogens with zero attached hydrogens (tertiary/aromatic N) is 2. The van der Waals surface area contributed by atoms with Crippen molar-refractivity contribution in [1.29, 1.82) is 0 Å². The highest BCUT2D eigenvalue weighted by Gasteiger charge is 2.21. The van der Waals surface area contributed by atoms with E-state index in [9.17, 15) is 8.42 Å². The summed E-state index contributed by atoms with van der Waals surface area (Å²) in [7, 11) is 0.209. The number of sulfone groups is 1. The zero-order valence-electron chi connectivity index (χ0n) is 30.8. The van der Waals surface area contributed by atoms with Gasteiger partial charge >= 0.3 is 0 Å². The van der Waals surface area contributed by atoms with Crippen molar-refractivity contribution < 1.29 is 8.42 Å². The first kappa shape index (κ1) is 37.5. The van der Waals surface area contributed by atoms with E-state index in [0.29, 0.717) is 0 Å². The van der Waals surface area contributed by atoms with Crippen LogP contribution < -0.4 is 20.4 Å². The molecule has 0 aliphatic rings. The van der Waals surface area contributed by atoms with Crippen LogP contribution in [0.15, 0.2) is 168 Å². The summed E-state index contributed by atoms with van der Waals surface area (Å²) in [5.74, 6) is 0. The van der Waals surface area contributed by atoms with E-state index in [1.807, 2.05) is 74.8 Å². The smallest absolute Gasteiger partial charge is 0.206 e. The van der Waals surface area contributed by atoms with E-state index < -0.39 is 9.84 Å². The highest BCUT2D eigenvalue weighted by Crippen LogP contribution is 2.37. The van der Waals surface area contributed by atoms with Crippen molar-refractivity contribution >= 4 is 44.0 Å². The molecule has 0 aliphatic heterocycles. The van der Waals surface area contributed by atoms with Gasteiger partial charge in [-0.3, -0.25) is 0 Å². The summed E-state index contributed by atoms with van der Waals surface area (Å²) in [4.78, 5) is 4.82. The van der Waals surface area contributed by atoms with E-state index in [4.69, 9.17) is 0 Å². The Balaban J connectivity index is 1.22. The van der Waals surface area contributed by atoms with Crippen LogP contribution in [0, 0.1) is 0 Å². The van der Waals surface area contributed by atoms with Gasteiger partial charge in [0.25, 0.3) is 0 Å². The maximum absolute atomic E-state index is 14.0. The molecule has 6 rings (SSSR count). The molecule has 0 aliphatic carbocycles. The van der Waals surface area contributed by atoms with Crippen molar-refractivity contribution in [2.45, 2.75) is 48.3 Å². The molecule has 0 heterocycles. The molecule has 0 radical (unpaired) electrons. The van der Waals surface area contributed by atoms with Crippen LogP contribution in [0.1, 0.15) is 36.8 Å². The Hall–Kier alpha value is -5.21. The summed E-state index contributed by atoms with van der Waals surface area (Å²) in [5, 5.41) is 6.43. The van der Waals surface area contributed by atoms with Gasteiger partial charge in [-0.1, -0.05) is 60.7 Å². The summed E-state index contributed by atoms with van der Waals surface area (Å²) in [6.45, 7) is 2.05. The number of rotatable bonds is 18. The predicted octanol–water partition coefficient (Wildman–Crippen LogP) is 10.5. The van der Waals surface area contributed by atoms with E-state index in [1.165, 1.54) is 11.1 Å². The van der Waals surface area contributed by atoms with Gasteiger partial charge in [-0.25, -0.2) is 8.42 Å². The fourth-order valence-corrected chi connectivity index (χ4v) is 7.88. The van der Waals surface area contributed by atoms with Gasteiger partial charge < -0.3 is 20.4 Å². The molecule has 0 saturated carbocycles. The van der Waals surface area contributed by atoms with Crippen molar-refractivity contribution in [2.24, 2.45) is 0 Å². The normalized spacial score (nSPS) is 11.4. The molecule has 0 amide bonds. The Bertz CT molecular complexity index is 1940. The van der Waals surface area contributed by atoms with Gasteiger partial charge in [-0.15, -0.1) is 0 Å². The monoisotopic (exact) mass is 722 g/mol. The average molecular weight is 723 g/mol. The third-order valence-electron chi connectivity index (χ3n) is 9.51. The van der Waals surface area contributed by atoms with Gasteiger partial charge in [0, 0.05) is 34.1 Å². The number of para-hydroxylation sites is 2. The van der Waals surface area contributed by atoms with Gasteiger partial charge in [0.1, 0.15) is 0 Å². The molecule has 0 spiro atoms. The van der Waals surface area contributed by atoms with Crippen LogP contribution in [-0.4, -0.2) is 35.6 Å². The number of hydrogen-bond donors (Lipinski definition) is 2. The molecule has 0 fully saturated rings. The van der Waals surface area contributed by atoms with Crippen LogP contribution in [0.25, 0.3) is 0 Å². The quantitative estimate of drug-likeness (QED) is 0.0861. The van der Waals surface area contributed by atoms with Crippen LogP contribution in [0.5, 0.6) is 0 Å². The van der Waals surface area contributed by atoms with Gasteiger partial charge in [-0.05, 0) is 174 Å². The molecule has 0 unspecified atom stereocenters. The largest absolute Gasteiger partial charge is 0.320 e. The van der Waals surface area contributed by atoms with Gasteiger partial charge in [0.05, 0.1) is 9.79 Å². The first-order valence-electron chi connectivity index (χ1n) is 18.6. The standard InChI is InChI=1S/C46H50N4O2S/c1-47-35-11-9-13-37-19-23-41(24-20-37)49(39-15-5-3-6-16-39)43-27-31-45(32-28-43)53(51,52)46-33-29-44(30-34-46)50(40-17-7-4-8-18-40)42-25-21-38(22-26-42)14-10-12-36-48-2/h3-8,15-34,47-48H,9-14,35-36H2,1-2H3. The highest BCUT2D eigenvalue weighted by molar-refractivity contribution is 7.91. The topological polar surface area (TPSA) is 64.7 Å². The Kier molecular flexibility index (Phi) is 13.1. The van der Waals surface area contributed by atoms with Crippen molar-refractivity contribution in [3.8, 4) is 0 Å². The van der Waals surface area contributed by atoms with E-state index in [-0.39, 0.29) is 9.79 Å². The number of nitrogens with one attached hydrogen (secondary N) is 2. The van der Waals surface area contributed by atoms with Crippen LogP contribution in [0.4, 0.5) is 34.1 Å². The fourth-order valence-electron chi connectivity index (χ4n) is 6.62. The molecule has 6 aromatic rings. The van der Waals surface area contributed by atoms with Crippen LogP contribution in [-0.2, 0) is 22.7 Å². The van der Waals surface area contributed by atoms with Crippen LogP contribution in [0.3, 0.4) is 0 Å². The van der Waals surface area contributed by atoms with E-state index in [2.05, 4.69) is 93.2 Å². The molecule has 7 heteroatoms. The minimum Gasteiger partial charge on any atom is -0.320 e. The number of aryl methyl sites for hydroxylation is 2. The molecular weight excluding hydrogens is 673 g/mol. The summed E-state index contributed by atoms with van der Waals surface area (Å²) >= 11 is 0. The molecule has 0 aromatic heterocycles. The lowest BCUT2D eigenvalue weighted by atomic mass is 10.1. The molecule has 272 valence electrons. The van der Waals surface area contributed by atoms with Gasteiger partial charge in [-0.2, -0.15) is 0 Å². The second-order valence-electron chi connectivity index (χ2n) is 13.3. The number of hydrogen-bond acceptors (Lipinski definition) is 6. The minimum atomic E-state index is -3.77. The Morgan fingerprint density at radius 3 is 1.02 bits per heavy atom. The second-order valence-corrected chi connectivity index (χ2v) is 15.2.